The Balaban J connectivity index is 1.66. The van der Waals surface area contributed by atoms with Crippen molar-refractivity contribution in [2.75, 3.05) is 46.1 Å². The number of ether oxygens (including phenoxy) is 2. The first kappa shape index (κ1) is 13.9. The highest BCUT2D eigenvalue weighted by Crippen LogP contribution is 2.31. The highest BCUT2D eigenvalue weighted by molar-refractivity contribution is 5.20. The Hall–Kier alpha value is -1.01. The Morgan fingerprint density at radius 3 is 2.80 bits per heavy atom. The van der Waals surface area contributed by atoms with E-state index in [4.69, 9.17) is 9.47 Å². The van der Waals surface area contributed by atoms with E-state index < -0.39 is 0 Å². The van der Waals surface area contributed by atoms with Crippen LogP contribution in [-0.2, 0) is 9.47 Å². The molecule has 1 aromatic carbocycles. The summed E-state index contributed by atoms with van der Waals surface area (Å²) in [4.78, 5) is 2.24. The molecule has 5 heteroatoms. The largest absolute Gasteiger partial charge is 0.396 e. The Morgan fingerprint density at radius 1 is 1.35 bits per heavy atom. The van der Waals surface area contributed by atoms with E-state index in [1.54, 1.807) is 12.1 Å². The Labute approximate surface area is 118 Å². The molecule has 0 saturated carbocycles. The zero-order chi connectivity index (χ0) is 14.0. The minimum absolute atomic E-state index is 0.134. The van der Waals surface area contributed by atoms with Crippen LogP contribution >= 0.6 is 0 Å². The zero-order valence-electron chi connectivity index (χ0n) is 11.4. The molecule has 1 N–H and O–H groups in total. The lowest BCUT2D eigenvalue weighted by atomic mass is 9.86. The van der Waals surface area contributed by atoms with Crippen LogP contribution in [0.1, 0.15) is 11.7 Å². The summed E-state index contributed by atoms with van der Waals surface area (Å²) < 4.78 is 24.7. The molecular weight excluding hydrogens is 261 g/mol. The van der Waals surface area contributed by atoms with E-state index in [0.717, 1.165) is 13.1 Å². The quantitative estimate of drug-likeness (QED) is 0.901. The van der Waals surface area contributed by atoms with Gasteiger partial charge in [-0.25, -0.2) is 4.39 Å². The van der Waals surface area contributed by atoms with Crippen molar-refractivity contribution in [1.82, 2.24) is 4.90 Å². The number of hydrogen-bond acceptors (Lipinski definition) is 4. The summed E-state index contributed by atoms with van der Waals surface area (Å²) in [5.74, 6) is -0.219. The molecule has 4 nitrogen and oxygen atoms in total. The number of nitrogens with zero attached hydrogens (tertiary/aromatic N) is 1. The molecular formula is C15H20FNO3. The van der Waals surface area contributed by atoms with Crippen LogP contribution in [-0.4, -0.2) is 56.1 Å². The fraction of sp³-hybridized carbons (Fsp3) is 0.600. The topological polar surface area (TPSA) is 41.9 Å². The molecule has 2 fully saturated rings. The van der Waals surface area contributed by atoms with E-state index in [1.807, 2.05) is 6.07 Å². The van der Waals surface area contributed by atoms with Gasteiger partial charge >= 0.3 is 0 Å². The van der Waals surface area contributed by atoms with Gasteiger partial charge < -0.3 is 14.6 Å². The Morgan fingerprint density at radius 2 is 2.15 bits per heavy atom. The predicted molar refractivity (Wildman–Crippen MR) is 71.9 cm³/mol. The molecule has 0 aliphatic carbocycles. The third-order valence-electron chi connectivity index (χ3n) is 4.11. The van der Waals surface area contributed by atoms with Gasteiger partial charge in [-0.1, -0.05) is 18.2 Å². The third kappa shape index (κ3) is 2.72. The van der Waals surface area contributed by atoms with Gasteiger partial charge in [0, 0.05) is 25.2 Å². The van der Waals surface area contributed by atoms with Crippen molar-refractivity contribution in [3.8, 4) is 0 Å². The van der Waals surface area contributed by atoms with Crippen LogP contribution in [0.2, 0.25) is 0 Å². The lowest BCUT2D eigenvalue weighted by Crippen LogP contribution is -2.55. The van der Waals surface area contributed by atoms with Gasteiger partial charge in [0.05, 0.1) is 37.9 Å². The van der Waals surface area contributed by atoms with Crippen LogP contribution in [0.4, 0.5) is 4.39 Å². The number of benzene rings is 1. The van der Waals surface area contributed by atoms with Crippen molar-refractivity contribution in [1.29, 1.82) is 0 Å². The normalized spacial score (nSPS) is 26.2. The number of aliphatic hydroxyl groups is 1. The maximum Gasteiger partial charge on any atom is 0.129 e. The molecule has 1 atom stereocenters. The number of halogens is 1. The van der Waals surface area contributed by atoms with Gasteiger partial charge in [0.1, 0.15) is 5.82 Å². The smallest absolute Gasteiger partial charge is 0.129 e. The minimum atomic E-state index is -0.235. The van der Waals surface area contributed by atoms with Gasteiger partial charge in [-0.15, -0.1) is 0 Å². The van der Waals surface area contributed by atoms with Crippen molar-refractivity contribution >= 4 is 0 Å². The molecule has 0 amide bonds. The van der Waals surface area contributed by atoms with E-state index in [-0.39, 0.29) is 23.9 Å². The molecule has 1 aromatic rings. The maximum absolute atomic E-state index is 13.8. The SMILES string of the molecule is OCC1(CN2CCOC(c3ccccc3F)C2)COC1. The first-order chi connectivity index (χ1) is 9.72. The highest BCUT2D eigenvalue weighted by Gasteiger charge is 2.40. The number of rotatable bonds is 4. The summed E-state index contributed by atoms with van der Waals surface area (Å²) in [5, 5.41) is 9.50. The molecule has 0 bridgehead atoms. The van der Waals surface area contributed by atoms with E-state index in [9.17, 15) is 9.50 Å². The van der Waals surface area contributed by atoms with E-state index >= 15 is 0 Å². The molecule has 20 heavy (non-hydrogen) atoms. The van der Waals surface area contributed by atoms with Gasteiger partial charge in [0.25, 0.3) is 0 Å². The van der Waals surface area contributed by atoms with Crippen LogP contribution < -0.4 is 0 Å². The molecule has 0 spiro atoms. The minimum Gasteiger partial charge on any atom is -0.396 e. The molecule has 2 aliphatic heterocycles. The van der Waals surface area contributed by atoms with Gasteiger partial charge in [-0.3, -0.25) is 4.90 Å². The fourth-order valence-electron chi connectivity index (χ4n) is 2.87. The second-order valence-corrected chi connectivity index (χ2v) is 5.77. The van der Waals surface area contributed by atoms with Crippen LogP contribution in [0.5, 0.6) is 0 Å². The summed E-state index contributed by atoms with van der Waals surface area (Å²) in [6.45, 7) is 4.17. The first-order valence-electron chi connectivity index (χ1n) is 6.99. The fourth-order valence-corrected chi connectivity index (χ4v) is 2.87. The highest BCUT2D eigenvalue weighted by atomic mass is 19.1. The van der Waals surface area contributed by atoms with Crippen LogP contribution in [0, 0.1) is 11.2 Å². The Kier molecular flexibility index (Phi) is 4.03. The van der Waals surface area contributed by atoms with Crippen molar-refractivity contribution in [2.24, 2.45) is 5.41 Å². The molecule has 0 aromatic heterocycles. The summed E-state index contributed by atoms with van der Waals surface area (Å²) in [5.41, 5.74) is 0.469. The van der Waals surface area contributed by atoms with E-state index in [2.05, 4.69) is 4.90 Å². The standard InChI is InChI=1S/C15H20FNO3/c16-13-4-2-1-3-12(13)14-7-17(5-6-20-14)8-15(9-18)10-19-11-15/h1-4,14,18H,5-11H2. The lowest BCUT2D eigenvalue weighted by molar-refractivity contribution is -0.158. The maximum atomic E-state index is 13.8. The van der Waals surface area contributed by atoms with E-state index in [1.165, 1.54) is 6.07 Å². The molecule has 2 heterocycles. The molecule has 2 aliphatic rings. The molecule has 1 unspecified atom stereocenters. The van der Waals surface area contributed by atoms with Crippen molar-refractivity contribution in [3.05, 3.63) is 35.6 Å². The first-order valence-corrected chi connectivity index (χ1v) is 6.99. The summed E-state index contributed by atoms with van der Waals surface area (Å²) >= 11 is 0. The summed E-state index contributed by atoms with van der Waals surface area (Å²) in [7, 11) is 0. The average molecular weight is 281 g/mol. The van der Waals surface area contributed by atoms with Gasteiger partial charge in [-0.2, -0.15) is 0 Å². The van der Waals surface area contributed by atoms with Crippen LogP contribution in [0.25, 0.3) is 0 Å². The predicted octanol–water partition coefficient (Wildman–Crippen LogP) is 1.21. The monoisotopic (exact) mass is 281 g/mol. The molecule has 0 radical (unpaired) electrons. The lowest BCUT2D eigenvalue weighted by Gasteiger charge is -2.45. The summed E-state index contributed by atoms with van der Waals surface area (Å²) in [6.07, 6.45) is -0.235. The molecule has 2 saturated heterocycles. The molecule has 3 rings (SSSR count). The summed E-state index contributed by atoms with van der Waals surface area (Å²) in [6, 6.07) is 6.76. The van der Waals surface area contributed by atoms with Gasteiger partial charge in [0.2, 0.25) is 0 Å². The zero-order valence-corrected chi connectivity index (χ0v) is 11.4. The van der Waals surface area contributed by atoms with Gasteiger partial charge in [0.15, 0.2) is 0 Å². The number of aliphatic hydroxyl groups excluding tert-OH is 1. The van der Waals surface area contributed by atoms with Gasteiger partial charge in [-0.05, 0) is 6.07 Å². The third-order valence-corrected chi connectivity index (χ3v) is 4.11. The second kappa shape index (κ2) is 5.77. The van der Waals surface area contributed by atoms with Crippen LogP contribution in [0.15, 0.2) is 24.3 Å². The molecule has 110 valence electrons. The second-order valence-electron chi connectivity index (χ2n) is 5.77. The van der Waals surface area contributed by atoms with Crippen molar-refractivity contribution < 1.29 is 19.0 Å². The van der Waals surface area contributed by atoms with Crippen molar-refractivity contribution in [2.45, 2.75) is 6.10 Å². The number of morpholine rings is 1. The van der Waals surface area contributed by atoms with Crippen LogP contribution in [0.3, 0.4) is 0 Å². The Bertz CT molecular complexity index is 459. The number of hydrogen-bond donors (Lipinski definition) is 1. The average Bonchev–Trinajstić information content (AvgIpc) is 2.44. The van der Waals surface area contributed by atoms with Crippen molar-refractivity contribution in [3.63, 3.8) is 0 Å². The van der Waals surface area contributed by atoms with E-state index in [0.29, 0.717) is 31.9 Å².